The number of aromatic nitrogens is 1. The highest BCUT2D eigenvalue weighted by molar-refractivity contribution is 5.88. The molecule has 126 valence electrons. The van der Waals surface area contributed by atoms with Crippen LogP contribution in [-0.2, 0) is 0 Å². The zero-order chi connectivity index (χ0) is 16.8. The lowest BCUT2D eigenvalue weighted by molar-refractivity contribution is 0.0336. The highest BCUT2D eigenvalue weighted by Crippen LogP contribution is 2.45. The average molecular weight is 326 g/mol. The Balaban J connectivity index is 1.82. The van der Waals surface area contributed by atoms with Crippen molar-refractivity contribution in [3.8, 4) is 11.3 Å². The molecule has 24 heavy (non-hydrogen) atoms. The van der Waals surface area contributed by atoms with Crippen molar-refractivity contribution >= 4 is 11.6 Å². The molecular formula is C18H22N4O2. The molecule has 4 heterocycles. The van der Waals surface area contributed by atoms with Crippen LogP contribution in [0.1, 0.15) is 42.1 Å². The van der Waals surface area contributed by atoms with E-state index in [1.54, 1.807) is 0 Å². The number of oxazole rings is 1. The number of hydrogen-bond donors (Lipinski definition) is 2. The van der Waals surface area contributed by atoms with Gasteiger partial charge in [-0.25, -0.2) is 4.98 Å². The molecule has 0 unspecified atom stereocenters. The minimum atomic E-state index is -0.633. The second-order valence-electron chi connectivity index (χ2n) is 6.86. The van der Waals surface area contributed by atoms with Crippen molar-refractivity contribution in [1.82, 2.24) is 9.88 Å². The molecule has 1 aromatic heterocycles. The Hall–Kier alpha value is -2.34. The standard InChI is InChI=1S/C18H22N4O2/c1-10-14(11-6-8-22(10)9-7-11)15-16(24-18(21-15)17(20)23)12-2-4-13(19)5-3-12/h2-5,10-11,14H,6-9,19H2,1H3,(H2,20,23)/t10-,14-/m0/s1. The lowest BCUT2D eigenvalue weighted by Gasteiger charge is -2.49. The van der Waals surface area contributed by atoms with Gasteiger partial charge in [-0.2, -0.15) is 0 Å². The van der Waals surface area contributed by atoms with Crippen LogP contribution in [0.5, 0.6) is 0 Å². The van der Waals surface area contributed by atoms with Crippen LogP contribution in [0, 0.1) is 5.92 Å². The van der Waals surface area contributed by atoms with Crippen molar-refractivity contribution in [2.45, 2.75) is 31.7 Å². The van der Waals surface area contributed by atoms with Gasteiger partial charge in [-0.3, -0.25) is 9.69 Å². The number of benzene rings is 1. The molecule has 6 heteroatoms. The number of carbonyl (C=O) groups is 1. The van der Waals surface area contributed by atoms with E-state index in [4.69, 9.17) is 15.9 Å². The summed E-state index contributed by atoms with van der Waals surface area (Å²) in [5.74, 6) is 0.835. The predicted molar refractivity (Wildman–Crippen MR) is 91.4 cm³/mol. The predicted octanol–water partition coefficient (Wildman–Crippen LogP) is 2.22. The Morgan fingerprint density at radius 1 is 1.25 bits per heavy atom. The molecule has 1 amide bonds. The molecule has 3 aliphatic heterocycles. The number of piperidine rings is 3. The summed E-state index contributed by atoms with van der Waals surface area (Å²) >= 11 is 0. The van der Waals surface area contributed by atoms with Gasteiger partial charge in [0.2, 0.25) is 0 Å². The summed E-state index contributed by atoms with van der Waals surface area (Å²) in [6, 6.07) is 7.83. The van der Waals surface area contributed by atoms with Gasteiger partial charge in [0.25, 0.3) is 5.89 Å². The second kappa shape index (κ2) is 5.63. The van der Waals surface area contributed by atoms with Crippen LogP contribution >= 0.6 is 0 Å². The molecule has 0 aliphatic carbocycles. The Morgan fingerprint density at radius 2 is 1.92 bits per heavy atom. The fraction of sp³-hybridized carbons (Fsp3) is 0.444. The number of anilines is 1. The Morgan fingerprint density at radius 3 is 2.50 bits per heavy atom. The molecule has 0 saturated carbocycles. The largest absolute Gasteiger partial charge is 0.432 e. The summed E-state index contributed by atoms with van der Waals surface area (Å²) in [5.41, 5.74) is 13.6. The van der Waals surface area contributed by atoms with Crippen molar-refractivity contribution < 1.29 is 9.21 Å². The minimum absolute atomic E-state index is 0.0135. The number of nitrogens with two attached hydrogens (primary N) is 2. The van der Waals surface area contributed by atoms with E-state index in [-0.39, 0.29) is 11.8 Å². The molecule has 2 aromatic rings. The number of hydrogen-bond acceptors (Lipinski definition) is 5. The zero-order valence-electron chi connectivity index (χ0n) is 13.7. The van der Waals surface area contributed by atoms with Gasteiger partial charge in [0.05, 0.1) is 5.69 Å². The smallest absolute Gasteiger partial charge is 0.304 e. The molecule has 6 nitrogen and oxygen atoms in total. The van der Waals surface area contributed by atoms with E-state index in [9.17, 15) is 4.79 Å². The first-order valence-electron chi connectivity index (χ1n) is 8.45. The summed E-state index contributed by atoms with van der Waals surface area (Å²) in [4.78, 5) is 18.6. The molecule has 3 saturated heterocycles. The lowest BCUT2D eigenvalue weighted by Crippen LogP contribution is -2.52. The first kappa shape index (κ1) is 15.2. The molecule has 3 fully saturated rings. The maximum atomic E-state index is 11.6. The van der Waals surface area contributed by atoms with Crippen molar-refractivity contribution in [1.29, 1.82) is 0 Å². The summed E-state index contributed by atoms with van der Waals surface area (Å²) in [5, 5.41) is 0. The highest BCUT2D eigenvalue weighted by Gasteiger charge is 2.43. The van der Waals surface area contributed by atoms with Gasteiger partial charge >= 0.3 is 5.91 Å². The normalized spacial score (nSPS) is 28.9. The van der Waals surface area contributed by atoms with Gasteiger partial charge in [0.1, 0.15) is 0 Å². The van der Waals surface area contributed by atoms with E-state index in [0.29, 0.717) is 23.4 Å². The third-order valence-corrected chi connectivity index (χ3v) is 5.53. The first-order valence-corrected chi connectivity index (χ1v) is 8.45. The number of nitrogen functional groups attached to an aromatic ring is 1. The number of amides is 1. The van der Waals surface area contributed by atoms with E-state index < -0.39 is 5.91 Å². The Kier molecular flexibility index (Phi) is 3.57. The molecule has 0 spiro atoms. The van der Waals surface area contributed by atoms with E-state index >= 15 is 0 Å². The van der Waals surface area contributed by atoms with E-state index in [1.807, 2.05) is 24.3 Å². The number of fused-ring (bicyclic) bond motifs is 3. The third-order valence-electron chi connectivity index (χ3n) is 5.53. The van der Waals surface area contributed by atoms with Crippen LogP contribution in [0.3, 0.4) is 0 Å². The van der Waals surface area contributed by atoms with Crippen LogP contribution in [0.4, 0.5) is 5.69 Å². The fourth-order valence-corrected chi connectivity index (χ4v) is 4.26. The molecule has 2 bridgehead atoms. The van der Waals surface area contributed by atoms with Crippen LogP contribution in [0.2, 0.25) is 0 Å². The van der Waals surface area contributed by atoms with Gasteiger partial charge in [-0.05, 0) is 63.0 Å². The zero-order valence-corrected chi connectivity index (χ0v) is 13.7. The molecule has 2 atom stereocenters. The molecule has 0 radical (unpaired) electrons. The van der Waals surface area contributed by atoms with Gasteiger partial charge in [0, 0.05) is 23.2 Å². The van der Waals surface area contributed by atoms with Crippen molar-refractivity contribution in [3.63, 3.8) is 0 Å². The number of rotatable bonds is 3. The molecule has 1 aromatic carbocycles. The van der Waals surface area contributed by atoms with Crippen molar-refractivity contribution in [3.05, 3.63) is 35.9 Å². The second-order valence-corrected chi connectivity index (χ2v) is 6.86. The third kappa shape index (κ3) is 2.38. The van der Waals surface area contributed by atoms with Gasteiger partial charge in [-0.15, -0.1) is 0 Å². The summed E-state index contributed by atoms with van der Waals surface area (Å²) in [6.07, 6.45) is 2.32. The van der Waals surface area contributed by atoms with Gasteiger partial charge in [0.15, 0.2) is 5.76 Å². The maximum Gasteiger partial charge on any atom is 0.304 e. The van der Waals surface area contributed by atoms with E-state index in [0.717, 1.165) is 37.2 Å². The Bertz CT molecular complexity index is 758. The maximum absolute atomic E-state index is 11.6. The number of carbonyl (C=O) groups excluding carboxylic acids is 1. The lowest BCUT2D eigenvalue weighted by atomic mass is 9.72. The van der Waals surface area contributed by atoms with Crippen molar-refractivity contribution in [2.24, 2.45) is 11.7 Å². The number of nitrogens with zero attached hydrogens (tertiary/aromatic N) is 2. The fourth-order valence-electron chi connectivity index (χ4n) is 4.26. The molecule has 4 N–H and O–H groups in total. The van der Waals surface area contributed by atoms with Crippen LogP contribution in [0.25, 0.3) is 11.3 Å². The SMILES string of the molecule is C[C@H]1[C@H](c2nc(C(N)=O)oc2-c2ccc(N)cc2)C2CCN1CC2. The average Bonchev–Trinajstić information content (AvgIpc) is 3.02. The summed E-state index contributed by atoms with van der Waals surface area (Å²) in [6.45, 7) is 4.52. The van der Waals surface area contributed by atoms with E-state index in [1.165, 1.54) is 0 Å². The first-order chi connectivity index (χ1) is 11.5. The summed E-state index contributed by atoms with van der Waals surface area (Å²) < 4.78 is 5.77. The van der Waals surface area contributed by atoms with Gasteiger partial charge in [-0.1, -0.05) is 0 Å². The van der Waals surface area contributed by atoms with E-state index in [2.05, 4.69) is 16.8 Å². The topological polar surface area (TPSA) is 98.4 Å². The molecule has 3 aliphatic rings. The van der Waals surface area contributed by atoms with Crippen LogP contribution in [0.15, 0.2) is 28.7 Å². The number of primary amides is 1. The minimum Gasteiger partial charge on any atom is -0.432 e. The summed E-state index contributed by atoms with van der Waals surface area (Å²) in [7, 11) is 0. The molecular weight excluding hydrogens is 304 g/mol. The van der Waals surface area contributed by atoms with Crippen molar-refractivity contribution in [2.75, 3.05) is 18.8 Å². The highest BCUT2D eigenvalue weighted by atomic mass is 16.4. The Labute approximate surface area is 140 Å². The monoisotopic (exact) mass is 326 g/mol. The molecule has 5 rings (SSSR count). The van der Waals surface area contributed by atoms with Crippen LogP contribution in [-0.4, -0.2) is 34.9 Å². The quantitative estimate of drug-likeness (QED) is 0.843. The van der Waals surface area contributed by atoms with Gasteiger partial charge < -0.3 is 15.9 Å². The van der Waals surface area contributed by atoms with Crippen LogP contribution < -0.4 is 11.5 Å².